The van der Waals surface area contributed by atoms with Crippen molar-refractivity contribution in [3.8, 4) is 0 Å². The number of benzene rings is 2. The Hall–Kier alpha value is -3.75. The lowest BCUT2D eigenvalue weighted by atomic mass is 10.1. The van der Waals surface area contributed by atoms with Crippen LogP contribution in [-0.4, -0.2) is 47.3 Å². The van der Waals surface area contributed by atoms with Crippen LogP contribution < -0.4 is 10.6 Å². The highest BCUT2D eigenvalue weighted by Gasteiger charge is 2.36. The molecule has 3 rings (SSSR count). The fraction of sp³-hybridized carbons (Fsp3) is 0.286. The maximum Gasteiger partial charge on any atom is 0.314 e. The van der Waals surface area contributed by atoms with E-state index in [0.29, 0.717) is 13.0 Å². The fourth-order valence-electron chi connectivity index (χ4n) is 3.28. The molecule has 0 atom stereocenters. The molecular weight excluding hydrogens is 388 g/mol. The van der Waals surface area contributed by atoms with Gasteiger partial charge in [0, 0.05) is 31.8 Å². The van der Waals surface area contributed by atoms with Gasteiger partial charge in [-0.3, -0.25) is 24.6 Å². The second kappa shape index (κ2) is 9.17. The number of non-ortho nitro benzene ring substituents is 1. The number of urea groups is 1. The maximum absolute atomic E-state index is 12.4. The number of nitro benzene ring substituents is 1. The number of fused-ring (bicyclic) bond motifs is 1. The zero-order chi connectivity index (χ0) is 21.7. The van der Waals surface area contributed by atoms with Gasteiger partial charge < -0.3 is 10.6 Å². The quantitative estimate of drug-likeness (QED) is 0.300. The number of rotatable bonds is 8. The number of amides is 4. The van der Waals surface area contributed by atoms with Gasteiger partial charge in [-0.1, -0.05) is 29.8 Å². The highest BCUT2D eigenvalue weighted by atomic mass is 16.6. The zero-order valence-electron chi connectivity index (χ0n) is 16.5. The largest absolute Gasteiger partial charge is 0.338 e. The predicted octanol–water partition coefficient (Wildman–Crippen LogP) is 2.43. The molecule has 30 heavy (non-hydrogen) atoms. The Labute approximate surface area is 173 Å². The normalized spacial score (nSPS) is 12.6. The molecule has 0 aliphatic carbocycles. The van der Waals surface area contributed by atoms with Crippen LogP contribution in [0.3, 0.4) is 0 Å². The third-order valence-corrected chi connectivity index (χ3v) is 4.79. The Morgan fingerprint density at radius 2 is 1.77 bits per heavy atom. The van der Waals surface area contributed by atoms with Crippen molar-refractivity contribution in [2.45, 2.75) is 19.8 Å². The third kappa shape index (κ3) is 4.80. The lowest BCUT2D eigenvalue weighted by molar-refractivity contribution is -0.384. The van der Waals surface area contributed by atoms with E-state index in [1.807, 2.05) is 25.1 Å². The number of imide groups is 1. The summed E-state index contributed by atoms with van der Waals surface area (Å²) < 4.78 is 0. The van der Waals surface area contributed by atoms with E-state index in [0.717, 1.165) is 23.0 Å². The number of hydrogen-bond donors (Lipinski definition) is 2. The smallest absolute Gasteiger partial charge is 0.314 e. The van der Waals surface area contributed by atoms with Crippen molar-refractivity contribution in [1.29, 1.82) is 0 Å². The first-order valence-electron chi connectivity index (χ1n) is 9.58. The molecule has 0 saturated carbocycles. The summed E-state index contributed by atoms with van der Waals surface area (Å²) in [4.78, 5) is 47.9. The lowest BCUT2D eigenvalue weighted by Crippen LogP contribution is -2.38. The number of nitrogens with zero attached hydrogens (tertiary/aromatic N) is 2. The molecule has 0 saturated heterocycles. The zero-order valence-corrected chi connectivity index (χ0v) is 16.5. The minimum absolute atomic E-state index is 0.0380. The van der Waals surface area contributed by atoms with Gasteiger partial charge in [0.25, 0.3) is 17.5 Å². The third-order valence-electron chi connectivity index (χ3n) is 4.79. The molecule has 9 heteroatoms. The van der Waals surface area contributed by atoms with E-state index in [4.69, 9.17) is 0 Å². The van der Waals surface area contributed by atoms with Crippen LogP contribution in [-0.2, 0) is 6.42 Å². The Morgan fingerprint density at radius 1 is 1.03 bits per heavy atom. The van der Waals surface area contributed by atoms with Gasteiger partial charge in [0.15, 0.2) is 0 Å². The second-order valence-corrected chi connectivity index (χ2v) is 7.02. The SMILES string of the molecule is Cc1cccc(CCNC(=O)NCCCN2C(=O)c3ccc([N+](=O)[O-])cc3C2=O)c1. The van der Waals surface area contributed by atoms with Gasteiger partial charge in [-0.2, -0.15) is 0 Å². The average Bonchev–Trinajstić information content (AvgIpc) is 2.95. The highest BCUT2D eigenvalue weighted by molar-refractivity contribution is 6.21. The average molecular weight is 410 g/mol. The summed E-state index contributed by atoms with van der Waals surface area (Å²) in [6.07, 6.45) is 1.09. The maximum atomic E-state index is 12.4. The van der Waals surface area contributed by atoms with Gasteiger partial charge in [0.1, 0.15) is 0 Å². The number of carbonyl (C=O) groups is 3. The summed E-state index contributed by atoms with van der Waals surface area (Å²) in [6, 6.07) is 11.4. The first kappa shape index (κ1) is 21.0. The topological polar surface area (TPSA) is 122 Å². The van der Waals surface area contributed by atoms with Gasteiger partial charge >= 0.3 is 6.03 Å². The van der Waals surface area contributed by atoms with Gasteiger partial charge in [0.2, 0.25) is 0 Å². The number of carbonyl (C=O) groups excluding carboxylic acids is 3. The molecule has 0 aromatic heterocycles. The molecule has 0 fully saturated rings. The molecule has 4 amide bonds. The highest BCUT2D eigenvalue weighted by Crippen LogP contribution is 2.26. The molecule has 0 unspecified atom stereocenters. The molecule has 9 nitrogen and oxygen atoms in total. The molecular formula is C21H22N4O5. The van der Waals surface area contributed by atoms with E-state index in [-0.39, 0.29) is 35.9 Å². The monoisotopic (exact) mass is 410 g/mol. The summed E-state index contributed by atoms with van der Waals surface area (Å²) in [7, 11) is 0. The molecule has 2 aromatic rings. The van der Waals surface area contributed by atoms with Crippen molar-refractivity contribution in [1.82, 2.24) is 15.5 Å². The van der Waals surface area contributed by atoms with Crippen LogP contribution in [0.1, 0.15) is 38.3 Å². The van der Waals surface area contributed by atoms with Crippen LogP contribution >= 0.6 is 0 Å². The molecule has 0 bridgehead atoms. The van der Waals surface area contributed by atoms with Crippen LogP contribution in [0.5, 0.6) is 0 Å². The van der Waals surface area contributed by atoms with Crippen molar-refractivity contribution in [2.75, 3.05) is 19.6 Å². The minimum atomic E-state index is -0.609. The lowest BCUT2D eigenvalue weighted by Gasteiger charge is -2.14. The van der Waals surface area contributed by atoms with Gasteiger partial charge in [0.05, 0.1) is 16.1 Å². The number of hydrogen-bond acceptors (Lipinski definition) is 5. The Kier molecular flexibility index (Phi) is 6.41. The number of nitro groups is 1. The van der Waals surface area contributed by atoms with Crippen molar-refractivity contribution in [3.05, 3.63) is 74.8 Å². The van der Waals surface area contributed by atoms with Crippen molar-refractivity contribution >= 4 is 23.5 Å². The van der Waals surface area contributed by atoms with E-state index in [1.54, 1.807) is 0 Å². The molecule has 2 aromatic carbocycles. The second-order valence-electron chi connectivity index (χ2n) is 7.02. The molecule has 0 spiro atoms. The van der Waals surface area contributed by atoms with Crippen LogP contribution in [0, 0.1) is 17.0 Å². The minimum Gasteiger partial charge on any atom is -0.338 e. The summed E-state index contributed by atoms with van der Waals surface area (Å²) in [5, 5.41) is 16.3. The van der Waals surface area contributed by atoms with E-state index < -0.39 is 16.7 Å². The summed E-state index contributed by atoms with van der Waals surface area (Å²) in [6.45, 7) is 2.90. The van der Waals surface area contributed by atoms with Crippen molar-refractivity contribution in [2.24, 2.45) is 0 Å². The fourth-order valence-corrected chi connectivity index (χ4v) is 3.28. The molecule has 1 heterocycles. The number of nitrogens with one attached hydrogen (secondary N) is 2. The predicted molar refractivity (Wildman–Crippen MR) is 109 cm³/mol. The molecule has 1 aliphatic rings. The summed E-state index contributed by atoms with van der Waals surface area (Å²) >= 11 is 0. The van der Waals surface area contributed by atoms with Crippen molar-refractivity contribution in [3.63, 3.8) is 0 Å². The Morgan fingerprint density at radius 3 is 2.50 bits per heavy atom. The van der Waals surface area contributed by atoms with Crippen LogP contribution in [0.25, 0.3) is 0 Å². The first-order chi connectivity index (χ1) is 14.4. The van der Waals surface area contributed by atoms with Crippen molar-refractivity contribution < 1.29 is 19.3 Å². The van der Waals surface area contributed by atoms with E-state index in [2.05, 4.69) is 16.7 Å². The Balaban J connectivity index is 1.41. The molecule has 2 N–H and O–H groups in total. The molecule has 1 aliphatic heterocycles. The summed E-state index contributed by atoms with van der Waals surface area (Å²) in [5.74, 6) is -1.03. The van der Waals surface area contributed by atoms with Gasteiger partial charge in [-0.15, -0.1) is 0 Å². The number of aryl methyl sites for hydroxylation is 1. The first-order valence-corrected chi connectivity index (χ1v) is 9.58. The molecule has 0 radical (unpaired) electrons. The van der Waals surface area contributed by atoms with E-state index >= 15 is 0 Å². The molecule has 156 valence electrons. The van der Waals surface area contributed by atoms with Gasteiger partial charge in [-0.25, -0.2) is 4.79 Å². The van der Waals surface area contributed by atoms with Crippen LogP contribution in [0.15, 0.2) is 42.5 Å². The summed E-state index contributed by atoms with van der Waals surface area (Å²) in [5.41, 5.74) is 2.27. The van der Waals surface area contributed by atoms with E-state index in [1.165, 1.54) is 17.7 Å². The Bertz CT molecular complexity index is 1000. The van der Waals surface area contributed by atoms with Crippen LogP contribution in [0.2, 0.25) is 0 Å². The van der Waals surface area contributed by atoms with E-state index in [9.17, 15) is 24.5 Å². The van der Waals surface area contributed by atoms with Gasteiger partial charge in [-0.05, 0) is 31.4 Å². The van der Waals surface area contributed by atoms with Crippen LogP contribution in [0.4, 0.5) is 10.5 Å². The standard InChI is InChI=1S/C21H22N4O5/c1-14-4-2-5-15(12-14)8-10-23-21(28)22-9-3-11-24-19(26)17-7-6-16(25(29)30)13-18(17)20(24)27/h2,4-7,12-13H,3,8-11H2,1H3,(H2,22,23,28).